The summed E-state index contributed by atoms with van der Waals surface area (Å²) >= 11 is 0. The Bertz CT molecular complexity index is 455. The van der Waals surface area contributed by atoms with Crippen LogP contribution >= 0.6 is 0 Å². The van der Waals surface area contributed by atoms with E-state index in [-0.39, 0.29) is 11.4 Å². The normalized spacial score (nSPS) is 31.7. The summed E-state index contributed by atoms with van der Waals surface area (Å²) < 4.78 is 13.9. The van der Waals surface area contributed by atoms with E-state index in [9.17, 15) is 4.39 Å². The van der Waals surface area contributed by atoms with Crippen molar-refractivity contribution in [1.29, 1.82) is 0 Å². The molecule has 1 aliphatic carbocycles. The molecule has 0 saturated heterocycles. The molecular weight excluding hydrogens is 237 g/mol. The summed E-state index contributed by atoms with van der Waals surface area (Å²) in [6.07, 6.45) is 3.33. The van der Waals surface area contributed by atoms with Gasteiger partial charge in [-0.15, -0.1) is 0 Å². The van der Waals surface area contributed by atoms with E-state index < -0.39 is 0 Å². The second kappa shape index (κ2) is 5.24. The van der Waals surface area contributed by atoms with E-state index in [0.29, 0.717) is 23.3 Å². The average Bonchev–Trinajstić information content (AvgIpc) is 2.31. The number of nitrogens with two attached hydrogens (primary N) is 1. The van der Waals surface area contributed by atoms with E-state index in [4.69, 9.17) is 5.73 Å². The van der Waals surface area contributed by atoms with Crippen molar-refractivity contribution < 1.29 is 4.39 Å². The van der Waals surface area contributed by atoms with Crippen molar-refractivity contribution in [2.24, 2.45) is 23.5 Å². The van der Waals surface area contributed by atoms with E-state index in [0.717, 1.165) is 18.4 Å². The zero-order chi connectivity index (χ0) is 14.2. The van der Waals surface area contributed by atoms with Gasteiger partial charge in [-0.3, -0.25) is 0 Å². The van der Waals surface area contributed by atoms with E-state index in [2.05, 4.69) is 20.8 Å². The van der Waals surface area contributed by atoms with Crippen molar-refractivity contribution in [3.63, 3.8) is 0 Å². The molecule has 0 aromatic heterocycles. The van der Waals surface area contributed by atoms with E-state index in [1.54, 1.807) is 13.0 Å². The quantitative estimate of drug-likeness (QED) is 0.842. The van der Waals surface area contributed by atoms with Crippen molar-refractivity contribution in [1.82, 2.24) is 0 Å². The monoisotopic (exact) mass is 263 g/mol. The first-order valence-corrected chi connectivity index (χ1v) is 7.40. The van der Waals surface area contributed by atoms with Crippen LogP contribution in [-0.2, 0) is 5.54 Å². The Morgan fingerprint density at radius 1 is 1.32 bits per heavy atom. The number of halogens is 1. The van der Waals surface area contributed by atoms with Crippen LogP contribution in [0.5, 0.6) is 0 Å². The predicted molar refractivity (Wildman–Crippen MR) is 78.3 cm³/mol. The third kappa shape index (κ3) is 2.69. The highest BCUT2D eigenvalue weighted by Crippen LogP contribution is 2.45. The van der Waals surface area contributed by atoms with Gasteiger partial charge in [-0.1, -0.05) is 39.3 Å². The van der Waals surface area contributed by atoms with Gasteiger partial charge in [0, 0.05) is 5.54 Å². The standard InChI is InChI=1S/C17H26FN/c1-11(2)15-8-5-12(3)10-17(15,19)14-7-6-13(4)16(18)9-14/h6-7,9,11-12,15H,5,8,10,19H2,1-4H3. The van der Waals surface area contributed by atoms with E-state index >= 15 is 0 Å². The largest absolute Gasteiger partial charge is 0.321 e. The number of aryl methyl sites for hydroxylation is 1. The molecule has 0 heterocycles. The molecule has 2 N–H and O–H groups in total. The van der Waals surface area contributed by atoms with Crippen molar-refractivity contribution in [2.45, 2.75) is 52.5 Å². The lowest BCUT2D eigenvalue weighted by atomic mass is 9.62. The Morgan fingerprint density at radius 3 is 2.58 bits per heavy atom. The highest BCUT2D eigenvalue weighted by molar-refractivity contribution is 5.30. The lowest BCUT2D eigenvalue weighted by Crippen LogP contribution is -2.50. The topological polar surface area (TPSA) is 26.0 Å². The predicted octanol–water partition coefficient (Wildman–Crippen LogP) is 4.38. The molecule has 1 nitrogen and oxygen atoms in total. The molecule has 2 rings (SSSR count). The molecule has 0 aliphatic heterocycles. The first-order chi connectivity index (χ1) is 8.84. The van der Waals surface area contributed by atoms with Gasteiger partial charge in [0.15, 0.2) is 0 Å². The zero-order valence-corrected chi connectivity index (χ0v) is 12.5. The first-order valence-electron chi connectivity index (χ1n) is 7.40. The van der Waals surface area contributed by atoms with Crippen LogP contribution in [0.25, 0.3) is 0 Å². The number of benzene rings is 1. The average molecular weight is 263 g/mol. The summed E-state index contributed by atoms with van der Waals surface area (Å²) in [6.45, 7) is 8.51. The molecule has 1 aromatic carbocycles. The van der Waals surface area contributed by atoms with Gasteiger partial charge in [0.05, 0.1) is 0 Å². The highest BCUT2D eigenvalue weighted by Gasteiger charge is 2.42. The van der Waals surface area contributed by atoms with Crippen LogP contribution in [-0.4, -0.2) is 0 Å². The number of hydrogen-bond acceptors (Lipinski definition) is 1. The van der Waals surface area contributed by atoms with Gasteiger partial charge in [0.2, 0.25) is 0 Å². The van der Waals surface area contributed by atoms with Crippen LogP contribution < -0.4 is 5.73 Å². The van der Waals surface area contributed by atoms with Crippen LogP contribution in [0.15, 0.2) is 18.2 Å². The first kappa shape index (κ1) is 14.5. The van der Waals surface area contributed by atoms with Crippen molar-refractivity contribution >= 4 is 0 Å². The van der Waals surface area contributed by atoms with Crippen LogP contribution in [0.3, 0.4) is 0 Å². The van der Waals surface area contributed by atoms with Crippen LogP contribution in [0.4, 0.5) is 4.39 Å². The minimum absolute atomic E-state index is 0.136. The molecule has 0 radical (unpaired) electrons. The molecule has 0 amide bonds. The molecule has 1 aromatic rings. The molecular formula is C17H26FN. The van der Waals surface area contributed by atoms with Gasteiger partial charge < -0.3 is 5.73 Å². The minimum Gasteiger partial charge on any atom is -0.321 e. The third-order valence-corrected chi connectivity index (χ3v) is 4.83. The summed E-state index contributed by atoms with van der Waals surface area (Å²) in [6, 6.07) is 5.53. The maximum atomic E-state index is 13.9. The SMILES string of the molecule is Cc1ccc(C2(N)CC(C)CCC2C(C)C)cc1F. The molecule has 1 fully saturated rings. The second-order valence-corrected chi connectivity index (χ2v) is 6.74. The molecule has 2 heteroatoms. The van der Waals surface area contributed by atoms with Gasteiger partial charge >= 0.3 is 0 Å². The smallest absolute Gasteiger partial charge is 0.126 e. The Kier molecular flexibility index (Phi) is 4.00. The Balaban J connectivity index is 2.43. The Labute approximate surface area is 116 Å². The molecule has 19 heavy (non-hydrogen) atoms. The summed E-state index contributed by atoms with van der Waals surface area (Å²) in [5.74, 6) is 1.44. The maximum absolute atomic E-state index is 13.9. The van der Waals surface area contributed by atoms with E-state index in [1.807, 2.05) is 12.1 Å². The van der Waals surface area contributed by atoms with Crippen LogP contribution in [0.1, 0.15) is 51.2 Å². The Morgan fingerprint density at radius 2 is 2.00 bits per heavy atom. The lowest BCUT2D eigenvalue weighted by molar-refractivity contribution is 0.108. The summed E-state index contributed by atoms with van der Waals surface area (Å²) in [4.78, 5) is 0. The van der Waals surface area contributed by atoms with Crippen molar-refractivity contribution in [2.75, 3.05) is 0 Å². The fraction of sp³-hybridized carbons (Fsp3) is 0.647. The van der Waals surface area contributed by atoms with Gasteiger partial charge in [0.25, 0.3) is 0 Å². The molecule has 0 bridgehead atoms. The van der Waals surface area contributed by atoms with Gasteiger partial charge in [0.1, 0.15) is 5.82 Å². The summed E-state index contributed by atoms with van der Waals surface area (Å²) in [5.41, 5.74) is 8.06. The fourth-order valence-electron chi connectivity index (χ4n) is 3.69. The van der Waals surface area contributed by atoms with Gasteiger partial charge in [-0.05, 0) is 54.7 Å². The molecule has 3 unspecified atom stereocenters. The van der Waals surface area contributed by atoms with E-state index in [1.165, 1.54) is 6.42 Å². The van der Waals surface area contributed by atoms with Gasteiger partial charge in [-0.2, -0.15) is 0 Å². The lowest BCUT2D eigenvalue weighted by Gasteiger charge is -2.46. The summed E-state index contributed by atoms with van der Waals surface area (Å²) in [5, 5.41) is 0. The van der Waals surface area contributed by atoms with Crippen molar-refractivity contribution in [3.8, 4) is 0 Å². The van der Waals surface area contributed by atoms with Gasteiger partial charge in [-0.25, -0.2) is 4.39 Å². The molecule has 3 atom stereocenters. The molecule has 106 valence electrons. The molecule has 1 saturated carbocycles. The fourth-order valence-corrected chi connectivity index (χ4v) is 3.69. The second-order valence-electron chi connectivity index (χ2n) is 6.74. The van der Waals surface area contributed by atoms with Crippen molar-refractivity contribution in [3.05, 3.63) is 35.1 Å². The highest BCUT2D eigenvalue weighted by atomic mass is 19.1. The molecule has 1 aliphatic rings. The Hall–Kier alpha value is -0.890. The number of rotatable bonds is 2. The zero-order valence-electron chi connectivity index (χ0n) is 12.5. The maximum Gasteiger partial charge on any atom is 0.126 e. The third-order valence-electron chi connectivity index (χ3n) is 4.83. The number of hydrogen-bond donors (Lipinski definition) is 1. The van der Waals surface area contributed by atoms with Crippen LogP contribution in [0.2, 0.25) is 0 Å². The van der Waals surface area contributed by atoms with Crippen LogP contribution in [0, 0.1) is 30.5 Å². The molecule has 0 spiro atoms. The minimum atomic E-state index is -0.375. The summed E-state index contributed by atoms with van der Waals surface area (Å²) in [7, 11) is 0.